The Morgan fingerprint density at radius 1 is 0.375 bits per heavy atom. The van der Waals surface area contributed by atoms with E-state index in [9.17, 15) is 5.26 Å². The van der Waals surface area contributed by atoms with E-state index in [1.165, 1.54) is 76.4 Å². The number of hydrogen-bond acceptors (Lipinski definition) is 4. The summed E-state index contributed by atoms with van der Waals surface area (Å²) in [6.07, 6.45) is 1.06. The van der Waals surface area contributed by atoms with Crippen molar-refractivity contribution in [3.8, 4) is 56.4 Å². The summed E-state index contributed by atoms with van der Waals surface area (Å²) in [6.45, 7) is 0. The highest BCUT2D eigenvalue weighted by atomic mass is 79.9. The predicted octanol–water partition coefficient (Wildman–Crippen LogP) is 24.8. The molecule has 15 aromatic carbocycles. The maximum atomic E-state index is 10.7. The molecule has 0 atom stereocenters. The highest BCUT2D eigenvalue weighted by molar-refractivity contribution is 9.10. The normalized spacial score (nSPS) is 12.0. The summed E-state index contributed by atoms with van der Waals surface area (Å²) in [5.74, 6) is 0.735. The number of furan rings is 2. The molecule has 0 unspecified atom stereocenters. The standard InChI is InChI=1S/C44H25N3O.C28H17NO.C17H11Br/c45-26-36-32-15-6-8-19-37(32)46-44(41(36)28-12-2-1-3-13-28)47-38-23-22-29(25-35(38)42-30-14-5-4-11-27(30)21-24-39(42)47)31-17-10-18-34-33-16-7-9-20-40(33)48-43(31)34;1-2-7-19-17(6-1)12-15-25-27(19)23-16-18(13-14-24(23)29-25)20-9-5-10-22-21-8-3-4-11-26(21)30-28(20)22;18-14-8-7-12-9-13-6-5-11-3-1-2-4-15(11)17(13)16(12)10-14/h1-25H;1-16,29H;1-8,10H,9H2. The van der Waals surface area contributed by atoms with Gasteiger partial charge in [0.05, 0.1) is 22.1 Å². The second kappa shape index (κ2) is 22.2. The minimum atomic E-state index is 0.616. The van der Waals surface area contributed by atoms with Crippen LogP contribution in [0.4, 0.5) is 0 Å². The van der Waals surface area contributed by atoms with Crippen molar-refractivity contribution < 1.29 is 8.83 Å². The Bertz CT molecular complexity index is 6660. The zero-order chi connectivity index (χ0) is 63.5. The minimum Gasteiger partial charge on any atom is -0.455 e. The van der Waals surface area contributed by atoms with Crippen molar-refractivity contribution in [2.45, 2.75) is 6.42 Å². The lowest BCUT2D eigenvalue weighted by atomic mass is 9.97. The third-order valence-electron chi connectivity index (χ3n) is 19.6. The minimum absolute atomic E-state index is 0.616. The van der Waals surface area contributed by atoms with E-state index < -0.39 is 0 Å². The summed E-state index contributed by atoms with van der Waals surface area (Å²) < 4.78 is 16.2. The van der Waals surface area contributed by atoms with Gasteiger partial charge in [-0.1, -0.05) is 253 Å². The van der Waals surface area contributed by atoms with Crippen LogP contribution < -0.4 is 0 Å². The number of para-hydroxylation sites is 5. The number of benzene rings is 15. The number of nitrogens with zero attached hydrogens (tertiary/aromatic N) is 3. The van der Waals surface area contributed by atoms with Gasteiger partial charge in [-0.05, 0) is 144 Å². The summed E-state index contributed by atoms with van der Waals surface area (Å²) in [7, 11) is 0. The second-order valence-corrected chi connectivity index (χ2v) is 25.8. The van der Waals surface area contributed by atoms with Crippen molar-refractivity contribution in [1.82, 2.24) is 14.5 Å². The van der Waals surface area contributed by atoms with E-state index in [1.807, 2.05) is 66.7 Å². The quantitative estimate of drug-likeness (QED) is 0.190. The van der Waals surface area contributed by atoms with Crippen LogP contribution in [0.15, 0.2) is 317 Å². The summed E-state index contributed by atoms with van der Waals surface area (Å²) in [5, 5.41) is 28.4. The average Bonchev–Trinajstić information content (AvgIpc) is 1.53. The fourth-order valence-electron chi connectivity index (χ4n) is 15.3. The molecule has 0 radical (unpaired) electrons. The molecule has 1 N–H and O–H groups in total. The molecule has 96 heavy (non-hydrogen) atoms. The number of nitriles is 1. The highest BCUT2D eigenvalue weighted by Gasteiger charge is 2.25. The van der Waals surface area contributed by atoms with Crippen LogP contribution in [0, 0.1) is 11.3 Å². The largest absolute Gasteiger partial charge is 0.455 e. The van der Waals surface area contributed by atoms with Crippen LogP contribution in [0.1, 0.15) is 16.7 Å². The van der Waals surface area contributed by atoms with E-state index in [1.54, 1.807) is 0 Å². The maximum absolute atomic E-state index is 10.7. The molecular formula is C89H53BrN4O2. The number of rotatable bonds is 4. The second-order valence-electron chi connectivity index (χ2n) is 24.9. The Hall–Kier alpha value is -12.3. The van der Waals surface area contributed by atoms with Gasteiger partial charge in [-0.15, -0.1) is 0 Å². The molecule has 6 nitrogen and oxygen atoms in total. The fourth-order valence-corrected chi connectivity index (χ4v) is 15.6. The number of pyridine rings is 1. The summed E-state index contributed by atoms with van der Waals surface area (Å²) in [4.78, 5) is 8.91. The van der Waals surface area contributed by atoms with Crippen LogP contribution in [0.2, 0.25) is 0 Å². The van der Waals surface area contributed by atoms with E-state index >= 15 is 0 Å². The third kappa shape index (κ3) is 8.80. The van der Waals surface area contributed by atoms with Gasteiger partial charge in [-0.3, -0.25) is 4.57 Å². The molecule has 448 valence electrons. The lowest BCUT2D eigenvalue weighted by Crippen LogP contribution is -2.04. The lowest BCUT2D eigenvalue weighted by molar-refractivity contribution is 0.669. The molecule has 0 bridgehead atoms. The first-order valence-corrected chi connectivity index (χ1v) is 33.2. The molecule has 5 heterocycles. The van der Waals surface area contributed by atoms with E-state index in [0.717, 1.165) is 127 Å². The zero-order valence-corrected chi connectivity index (χ0v) is 53.2. The van der Waals surface area contributed by atoms with Crippen LogP contribution in [0.5, 0.6) is 0 Å². The number of fused-ring (bicyclic) bond motifs is 22. The van der Waals surface area contributed by atoms with Crippen LogP contribution in [0.25, 0.3) is 181 Å². The van der Waals surface area contributed by atoms with Gasteiger partial charge in [0.1, 0.15) is 34.2 Å². The van der Waals surface area contributed by atoms with Gasteiger partial charge in [0.2, 0.25) is 0 Å². The molecule has 20 aromatic rings. The van der Waals surface area contributed by atoms with Gasteiger partial charge in [-0.2, -0.15) is 5.26 Å². The molecule has 7 heteroatoms. The maximum Gasteiger partial charge on any atom is 0.147 e. The summed E-state index contributed by atoms with van der Waals surface area (Å²) in [5.41, 5.74) is 21.3. The average molecular weight is 1290 g/mol. The van der Waals surface area contributed by atoms with Crippen LogP contribution in [-0.2, 0) is 6.42 Å². The van der Waals surface area contributed by atoms with E-state index in [2.05, 4.69) is 268 Å². The fraction of sp³-hybridized carbons (Fsp3) is 0.0112. The SMILES string of the molecule is Brc1ccc2c(c1)-c1c(ccc3ccccc13)C2.N#Cc1c(-c2ccccc2)c(-n2c3ccc(-c4cccc5c4oc4ccccc45)cc3c3c4ccccc4ccc32)nc2ccccc12.c1ccc2c(c1)ccc1[nH]c3ccc(-c4cccc5c4oc4ccccc45)cc3c12. The zero-order valence-electron chi connectivity index (χ0n) is 51.6. The topological polar surface area (TPSA) is 83.7 Å². The van der Waals surface area contributed by atoms with Gasteiger partial charge in [-0.25, -0.2) is 4.98 Å². The van der Waals surface area contributed by atoms with Gasteiger partial charge < -0.3 is 13.8 Å². The lowest BCUT2D eigenvalue weighted by Gasteiger charge is -2.16. The molecule has 0 fully saturated rings. The van der Waals surface area contributed by atoms with Crippen molar-refractivity contribution in [2.24, 2.45) is 0 Å². The number of aromatic amines is 1. The molecule has 1 aliphatic carbocycles. The number of halogens is 1. The van der Waals surface area contributed by atoms with Gasteiger partial charge in [0.25, 0.3) is 0 Å². The Labute approximate surface area is 558 Å². The Morgan fingerprint density at radius 2 is 0.906 bits per heavy atom. The van der Waals surface area contributed by atoms with E-state index in [4.69, 9.17) is 13.8 Å². The van der Waals surface area contributed by atoms with Crippen molar-refractivity contribution in [3.63, 3.8) is 0 Å². The molecule has 0 amide bonds. The molecule has 0 saturated heterocycles. The first kappa shape index (κ1) is 55.3. The first-order chi connectivity index (χ1) is 47.5. The van der Waals surface area contributed by atoms with Crippen LogP contribution >= 0.6 is 15.9 Å². The molecule has 0 spiro atoms. The number of hydrogen-bond donors (Lipinski definition) is 1. The van der Waals surface area contributed by atoms with Crippen molar-refractivity contribution >= 4 is 147 Å². The molecule has 21 rings (SSSR count). The van der Waals surface area contributed by atoms with E-state index in [-0.39, 0.29) is 0 Å². The molecule has 0 saturated carbocycles. The van der Waals surface area contributed by atoms with E-state index in [0.29, 0.717) is 5.56 Å². The van der Waals surface area contributed by atoms with Gasteiger partial charge in [0, 0.05) is 80.7 Å². The van der Waals surface area contributed by atoms with Gasteiger partial charge in [0.15, 0.2) is 0 Å². The Balaban J connectivity index is 0.000000114. The first-order valence-electron chi connectivity index (χ1n) is 32.4. The number of H-pyrrole nitrogens is 1. The van der Waals surface area contributed by atoms with Crippen molar-refractivity contribution in [3.05, 3.63) is 324 Å². The molecular weight excluding hydrogens is 1240 g/mol. The third-order valence-corrected chi connectivity index (χ3v) is 20.1. The van der Waals surface area contributed by atoms with Crippen LogP contribution in [-0.4, -0.2) is 14.5 Å². The molecule has 5 aromatic heterocycles. The number of nitrogens with one attached hydrogen (secondary N) is 1. The van der Waals surface area contributed by atoms with Gasteiger partial charge >= 0.3 is 0 Å². The molecule has 1 aliphatic rings. The van der Waals surface area contributed by atoms with Crippen molar-refractivity contribution in [2.75, 3.05) is 0 Å². The Morgan fingerprint density at radius 3 is 1.60 bits per heavy atom. The predicted molar refractivity (Wildman–Crippen MR) is 402 cm³/mol. The summed E-state index contributed by atoms with van der Waals surface area (Å²) in [6, 6.07) is 109. The summed E-state index contributed by atoms with van der Waals surface area (Å²) >= 11 is 3.58. The Kier molecular flexibility index (Phi) is 12.8. The molecule has 0 aliphatic heterocycles. The van der Waals surface area contributed by atoms with Crippen LogP contribution in [0.3, 0.4) is 0 Å². The number of aromatic nitrogens is 3. The smallest absolute Gasteiger partial charge is 0.147 e. The van der Waals surface area contributed by atoms with Crippen molar-refractivity contribution in [1.29, 1.82) is 5.26 Å². The highest BCUT2D eigenvalue weighted by Crippen LogP contribution is 2.46. The monoisotopic (exact) mass is 1290 g/mol.